The first-order valence-electron chi connectivity index (χ1n) is 41.0. The van der Waals surface area contributed by atoms with Crippen LogP contribution >= 0.6 is 15.9 Å². The number of aromatic amines is 1. The average Bonchev–Trinajstić information content (AvgIpc) is 1.54. The Hall–Kier alpha value is -14.4. The molecule has 20 aromatic carbocycles. The van der Waals surface area contributed by atoms with Crippen LogP contribution in [0, 0.1) is 0 Å². The van der Waals surface area contributed by atoms with Gasteiger partial charge in [0.05, 0.1) is 22.1 Å². The van der Waals surface area contributed by atoms with Gasteiger partial charge in [0, 0.05) is 87.4 Å². The summed E-state index contributed by atoms with van der Waals surface area (Å²) >= 11 is 3.56. The van der Waals surface area contributed by atoms with Crippen LogP contribution in [0.2, 0.25) is 0 Å². The summed E-state index contributed by atoms with van der Waals surface area (Å²) in [6.45, 7) is 4.42. The molecule has 0 aliphatic rings. The number of benzene rings is 20. The molecule has 118 heavy (non-hydrogen) atoms. The van der Waals surface area contributed by atoms with Crippen LogP contribution in [0.15, 0.2) is 441 Å². The second kappa shape index (κ2) is 33.2. The van der Waals surface area contributed by atoms with Crippen LogP contribution in [0.25, 0.3) is 158 Å². The molecular formula is C113H85BrN4. The van der Waals surface area contributed by atoms with Crippen LogP contribution in [0.3, 0.4) is 0 Å². The number of halogens is 1. The number of H-pyrrole nitrogens is 1. The summed E-state index contributed by atoms with van der Waals surface area (Å²) in [4.78, 5) is 8.40. The molecule has 0 radical (unpaired) electrons. The molecule has 0 bridgehead atoms. The highest BCUT2D eigenvalue weighted by molar-refractivity contribution is 9.10. The molecule has 0 unspecified atom stereocenters. The van der Waals surface area contributed by atoms with Crippen molar-refractivity contribution in [2.75, 3.05) is 9.80 Å². The monoisotopic (exact) mass is 1580 g/mol. The molecule has 0 saturated carbocycles. The lowest BCUT2D eigenvalue weighted by Crippen LogP contribution is -2.10. The molecule has 22 aromatic rings. The Morgan fingerprint density at radius 2 is 0.517 bits per heavy atom. The maximum absolute atomic E-state index is 3.76. The maximum atomic E-state index is 3.76. The zero-order valence-electron chi connectivity index (χ0n) is 65.9. The van der Waals surface area contributed by atoms with Crippen LogP contribution in [0.4, 0.5) is 34.1 Å². The van der Waals surface area contributed by atoms with E-state index in [9.17, 15) is 0 Å². The first-order valence-corrected chi connectivity index (χ1v) is 41.8. The fourth-order valence-corrected chi connectivity index (χ4v) is 17.6. The van der Waals surface area contributed by atoms with E-state index in [2.05, 4.69) is 474 Å². The third-order valence-corrected chi connectivity index (χ3v) is 23.5. The van der Waals surface area contributed by atoms with Crippen LogP contribution in [-0.2, 0) is 0 Å². The van der Waals surface area contributed by atoms with Crippen LogP contribution in [-0.4, -0.2) is 9.55 Å². The highest BCUT2D eigenvalue weighted by Crippen LogP contribution is 2.47. The summed E-state index contributed by atoms with van der Waals surface area (Å²) < 4.78 is 3.58. The van der Waals surface area contributed by atoms with E-state index in [0.29, 0.717) is 0 Å². The van der Waals surface area contributed by atoms with E-state index in [0.717, 1.165) is 44.3 Å². The molecule has 0 aliphatic carbocycles. The molecule has 0 saturated heterocycles. The fraction of sp³-hybridized carbons (Fsp3) is 0.0442. The van der Waals surface area contributed by atoms with Gasteiger partial charge in [0.15, 0.2) is 0 Å². The Kier molecular flexibility index (Phi) is 20.8. The van der Waals surface area contributed by atoms with E-state index in [1.165, 1.54) is 172 Å². The van der Waals surface area contributed by atoms with Gasteiger partial charge in [-0.2, -0.15) is 0 Å². The van der Waals surface area contributed by atoms with Gasteiger partial charge in [-0.25, -0.2) is 0 Å². The summed E-state index contributed by atoms with van der Waals surface area (Å²) in [5.74, 6) is 0. The highest BCUT2D eigenvalue weighted by atomic mass is 79.9. The van der Waals surface area contributed by atoms with Gasteiger partial charge >= 0.3 is 0 Å². The second-order valence-electron chi connectivity index (χ2n) is 30.2. The van der Waals surface area contributed by atoms with Crippen molar-refractivity contribution >= 4 is 158 Å². The Morgan fingerprint density at radius 1 is 0.220 bits per heavy atom. The highest BCUT2D eigenvalue weighted by Gasteiger charge is 2.23. The van der Waals surface area contributed by atoms with Gasteiger partial charge in [-0.05, 0) is 185 Å². The molecule has 0 atom stereocenters. The van der Waals surface area contributed by atoms with Gasteiger partial charge in [-0.1, -0.05) is 389 Å². The first-order chi connectivity index (χ1) is 58.4. The first kappa shape index (κ1) is 73.8. The zero-order valence-corrected chi connectivity index (χ0v) is 67.5. The van der Waals surface area contributed by atoms with Crippen molar-refractivity contribution in [1.82, 2.24) is 9.55 Å². The van der Waals surface area contributed by atoms with E-state index in [1.54, 1.807) is 0 Å². The third kappa shape index (κ3) is 14.4. The SMILES string of the molecule is Brc1ccc(N(c2ccc(-c3ccccc3)cc2)c2ccc(-c3ccccc3)cc2)cc1.CCCCC.c1ccc(-c2ccc(N(c3ccc(-c4ccccc4)cc3)c3ccc(-n4c5c6ccccc6ccc5c5c6ccccc6c6ccccc6c54)cc3)cc2)cc1.c1ccc2c(c1)ccc1c2[nH]c2c3ccccc3c3ccccc3c12. The average molecular weight is 1580 g/mol. The number of nitrogens with one attached hydrogen (secondary N) is 1. The van der Waals surface area contributed by atoms with E-state index in [1.807, 2.05) is 12.1 Å². The normalized spacial score (nSPS) is 11.3. The van der Waals surface area contributed by atoms with Crippen molar-refractivity contribution in [3.63, 3.8) is 0 Å². The molecule has 5 heteroatoms. The molecule has 0 amide bonds. The minimum atomic E-state index is 1.07. The van der Waals surface area contributed by atoms with Crippen molar-refractivity contribution < 1.29 is 0 Å². The van der Waals surface area contributed by atoms with E-state index >= 15 is 0 Å². The molecular weight excluding hydrogens is 1490 g/mol. The van der Waals surface area contributed by atoms with Gasteiger partial charge in [-0.3, -0.25) is 0 Å². The molecule has 0 aliphatic heterocycles. The molecule has 564 valence electrons. The standard InChI is InChI=1S/C54H36N2.C30H22BrN.C24H15N.C5H12/c1-3-13-37(14-4-1)39-23-28-42(29-24-39)55(43-30-25-40(26-31-43)38-15-5-2-6-16-38)44-32-34-45(35-33-44)56-53-46-18-8-7-17-41(46)27-36-51(53)52-49-21-11-9-19-47(49)48-20-10-12-22-50(48)54(52)56;31-27-15-21-30(22-16-27)32(28-17-11-25(12-18-28)23-7-3-1-4-8-23)29-19-13-26(14-20-29)24-9-5-2-6-10-24;1-2-8-16-15(7-1)13-14-21-22-19-11-5-3-9-17(19)18-10-4-6-12-20(18)24(22)25-23(16)21;1-3-5-4-2/h1-36H;1-22H;1-14,25H;3-5H2,1-2H3. The Bertz CT molecular complexity index is 7120. The largest absolute Gasteiger partial charge is 0.353 e. The Morgan fingerprint density at radius 3 is 0.924 bits per heavy atom. The smallest absolute Gasteiger partial charge is 0.0626 e. The minimum Gasteiger partial charge on any atom is -0.353 e. The summed E-state index contributed by atoms with van der Waals surface area (Å²) in [5.41, 5.74) is 22.4. The molecule has 4 nitrogen and oxygen atoms in total. The quantitative estimate of drug-likeness (QED) is 0.117. The summed E-state index contributed by atoms with van der Waals surface area (Å²) in [6, 6.07) is 157. The maximum Gasteiger partial charge on any atom is 0.0626 e. The topological polar surface area (TPSA) is 27.2 Å². The second-order valence-corrected chi connectivity index (χ2v) is 31.1. The van der Waals surface area contributed by atoms with Crippen LogP contribution in [0.5, 0.6) is 0 Å². The number of rotatable bonds is 13. The third-order valence-electron chi connectivity index (χ3n) is 23.0. The van der Waals surface area contributed by atoms with Gasteiger partial charge in [0.25, 0.3) is 0 Å². The molecule has 1 N–H and O–H groups in total. The number of hydrogen-bond acceptors (Lipinski definition) is 2. The predicted molar refractivity (Wildman–Crippen MR) is 512 cm³/mol. The lowest BCUT2D eigenvalue weighted by Gasteiger charge is -2.26. The number of nitrogens with zero attached hydrogens (tertiary/aromatic N) is 3. The van der Waals surface area contributed by atoms with E-state index < -0.39 is 0 Å². The van der Waals surface area contributed by atoms with Crippen molar-refractivity contribution in [1.29, 1.82) is 0 Å². The lowest BCUT2D eigenvalue weighted by molar-refractivity contribution is 0.772. The van der Waals surface area contributed by atoms with Gasteiger partial charge in [0.1, 0.15) is 0 Å². The number of unbranched alkanes of at least 4 members (excludes halogenated alkanes) is 2. The molecule has 0 fully saturated rings. The van der Waals surface area contributed by atoms with Gasteiger partial charge in [-0.15, -0.1) is 0 Å². The number of aromatic nitrogens is 2. The van der Waals surface area contributed by atoms with E-state index in [4.69, 9.17) is 0 Å². The summed E-state index contributed by atoms with van der Waals surface area (Å²) in [6.07, 6.45) is 4.08. The molecule has 0 spiro atoms. The fourth-order valence-electron chi connectivity index (χ4n) is 17.3. The molecule has 2 heterocycles. The Balaban J connectivity index is 0.000000125. The zero-order chi connectivity index (χ0) is 79.3. The number of fused-ring (bicyclic) bond motifs is 20. The molecule has 2 aromatic heterocycles. The predicted octanol–water partition coefficient (Wildman–Crippen LogP) is 33.3. The van der Waals surface area contributed by atoms with Crippen LogP contribution in [0.1, 0.15) is 33.1 Å². The van der Waals surface area contributed by atoms with Crippen LogP contribution < -0.4 is 9.80 Å². The number of anilines is 6. The summed E-state index contributed by atoms with van der Waals surface area (Å²) in [5, 5.41) is 20.5. The van der Waals surface area contributed by atoms with Crippen molar-refractivity contribution in [3.8, 4) is 50.2 Å². The van der Waals surface area contributed by atoms with Crippen molar-refractivity contribution in [2.45, 2.75) is 33.1 Å². The van der Waals surface area contributed by atoms with Gasteiger partial charge < -0.3 is 19.4 Å². The van der Waals surface area contributed by atoms with E-state index in [-0.39, 0.29) is 0 Å². The molecule has 22 rings (SSSR count). The lowest BCUT2D eigenvalue weighted by atomic mass is 9.96. The summed E-state index contributed by atoms with van der Waals surface area (Å²) in [7, 11) is 0. The minimum absolute atomic E-state index is 1.07. The van der Waals surface area contributed by atoms with Crippen molar-refractivity contribution in [2.24, 2.45) is 0 Å². The van der Waals surface area contributed by atoms with Gasteiger partial charge in [0.2, 0.25) is 0 Å². The Labute approximate surface area is 697 Å². The number of hydrogen-bond donors (Lipinski definition) is 1. The van der Waals surface area contributed by atoms with Crippen molar-refractivity contribution in [3.05, 3.63) is 441 Å².